The van der Waals surface area contributed by atoms with Crippen LogP contribution >= 0.6 is 22.9 Å². The van der Waals surface area contributed by atoms with Crippen molar-refractivity contribution in [3.05, 3.63) is 40.0 Å². The van der Waals surface area contributed by atoms with Gasteiger partial charge >= 0.3 is 0 Å². The first-order valence-corrected chi connectivity index (χ1v) is 11.8. The normalized spacial score (nSPS) is 15.6. The van der Waals surface area contributed by atoms with Crippen molar-refractivity contribution in [1.29, 1.82) is 0 Å². The van der Waals surface area contributed by atoms with E-state index in [0.29, 0.717) is 11.2 Å². The molecule has 0 bridgehead atoms. The molecule has 0 N–H and O–H groups in total. The topological polar surface area (TPSA) is 32.3 Å². The highest BCUT2D eigenvalue weighted by Crippen LogP contribution is 2.43. The molecule has 2 aromatic heterocycles. The van der Waals surface area contributed by atoms with Crippen LogP contribution in [0.25, 0.3) is 21.3 Å². The average Bonchev–Trinajstić information content (AvgIpc) is 3.11. The maximum atomic E-state index is 6.35. The van der Waals surface area contributed by atoms with Crippen LogP contribution in [0.3, 0.4) is 0 Å². The second kappa shape index (κ2) is 8.58. The van der Waals surface area contributed by atoms with Crippen molar-refractivity contribution in [3.8, 4) is 11.1 Å². The second-order valence-corrected chi connectivity index (χ2v) is 9.37. The van der Waals surface area contributed by atoms with Crippen LogP contribution in [0.4, 0.5) is 5.82 Å². The van der Waals surface area contributed by atoms with Gasteiger partial charge in [-0.05, 0) is 41.6 Å². The molecular formula is C23H29ClN4S. The van der Waals surface area contributed by atoms with Crippen LogP contribution in [0.5, 0.6) is 0 Å². The number of benzene rings is 1. The van der Waals surface area contributed by atoms with Crippen LogP contribution in [0.1, 0.15) is 44.1 Å². The molecule has 0 unspecified atom stereocenters. The molecular weight excluding hydrogens is 400 g/mol. The Labute approximate surface area is 182 Å². The van der Waals surface area contributed by atoms with Crippen LogP contribution < -0.4 is 4.90 Å². The molecule has 0 radical (unpaired) electrons. The number of hydrogen-bond acceptors (Lipinski definition) is 5. The molecule has 0 atom stereocenters. The molecule has 4 nitrogen and oxygen atoms in total. The summed E-state index contributed by atoms with van der Waals surface area (Å²) < 4.78 is 0. The zero-order valence-corrected chi connectivity index (χ0v) is 19.3. The zero-order valence-electron chi connectivity index (χ0n) is 17.7. The molecule has 0 aliphatic carbocycles. The van der Waals surface area contributed by atoms with Gasteiger partial charge in [-0.25, -0.2) is 4.98 Å². The molecule has 1 aliphatic rings. The predicted octanol–water partition coefficient (Wildman–Crippen LogP) is 5.84. The largest absolute Gasteiger partial charge is 0.353 e. The van der Waals surface area contributed by atoms with Crippen LogP contribution in [0.15, 0.2) is 24.3 Å². The van der Waals surface area contributed by atoms with Gasteiger partial charge in [0.25, 0.3) is 0 Å². The van der Waals surface area contributed by atoms with Gasteiger partial charge in [0.2, 0.25) is 5.28 Å². The Morgan fingerprint density at radius 1 is 1.03 bits per heavy atom. The first-order chi connectivity index (χ1) is 14.0. The number of hydrogen-bond donors (Lipinski definition) is 0. The fourth-order valence-electron chi connectivity index (χ4n) is 4.10. The summed E-state index contributed by atoms with van der Waals surface area (Å²) in [6, 6.07) is 9.01. The number of fused-ring (bicyclic) bond motifs is 1. The SMILES string of the molecule is CCc1sc2nc(Cl)nc(N3CCN(CC)CC3)c2c1-c1ccc(C(C)C)cc1. The molecule has 154 valence electrons. The number of aromatic nitrogens is 2. The van der Waals surface area contributed by atoms with Gasteiger partial charge in [0, 0.05) is 36.6 Å². The number of anilines is 1. The highest BCUT2D eigenvalue weighted by Gasteiger charge is 2.25. The Morgan fingerprint density at radius 3 is 2.31 bits per heavy atom. The number of halogens is 1. The lowest BCUT2D eigenvalue weighted by molar-refractivity contribution is 0.271. The number of nitrogens with zero attached hydrogens (tertiary/aromatic N) is 4. The van der Waals surface area contributed by atoms with Crippen LogP contribution in [-0.4, -0.2) is 47.6 Å². The Balaban J connectivity index is 1.85. The van der Waals surface area contributed by atoms with Crippen molar-refractivity contribution < 1.29 is 0 Å². The maximum absolute atomic E-state index is 6.35. The summed E-state index contributed by atoms with van der Waals surface area (Å²) in [4.78, 5) is 16.5. The van der Waals surface area contributed by atoms with Gasteiger partial charge < -0.3 is 9.80 Å². The first kappa shape index (κ1) is 20.6. The summed E-state index contributed by atoms with van der Waals surface area (Å²) in [7, 11) is 0. The Morgan fingerprint density at radius 2 is 1.72 bits per heavy atom. The monoisotopic (exact) mass is 428 g/mol. The average molecular weight is 429 g/mol. The first-order valence-electron chi connectivity index (χ1n) is 10.6. The molecule has 3 aromatic rings. The fourth-order valence-corrected chi connectivity index (χ4v) is 5.44. The molecule has 6 heteroatoms. The third-order valence-electron chi connectivity index (χ3n) is 5.88. The van der Waals surface area contributed by atoms with Gasteiger partial charge in [-0.1, -0.05) is 52.0 Å². The van der Waals surface area contributed by atoms with Gasteiger partial charge in [-0.2, -0.15) is 4.98 Å². The summed E-state index contributed by atoms with van der Waals surface area (Å²) in [5.41, 5.74) is 3.89. The van der Waals surface area contributed by atoms with E-state index >= 15 is 0 Å². The van der Waals surface area contributed by atoms with Crippen molar-refractivity contribution in [2.75, 3.05) is 37.6 Å². The van der Waals surface area contributed by atoms with Gasteiger partial charge in [0.1, 0.15) is 10.6 Å². The number of likely N-dealkylation sites (N-methyl/N-ethyl adjacent to an activating group) is 1. The lowest BCUT2D eigenvalue weighted by atomic mass is 9.97. The minimum Gasteiger partial charge on any atom is -0.353 e. The molecule has 0 spiro atoms. The fraction of sp³-hybridized carbons (Fsp3) is 0.478. The third-order valence-corrected chi connectivity index (χ3v) is 7.28. The van der Waals surface area contributed by atoms with Gasteiger partial charge in [-0.3, -0.25) is 0 Å². The Bertz CT molecular complexity index is 988. The summed E-state index contributed by atoms with van der Waals surface area (Å²) in [6.45, 7) is 14.1. The van der Waals surface area contributed by atoms with E-state index in [0.717, 1.165) is 49.8 Å². The summed E-state index contributed by atoms with van der Waals surface area (Å²) in [6.07, 6.45) is 0.975. The van der Waals surface area contributed by atoms with Crippen molar-refractivity contribution in [1.82, 2.24) is 14.9 Å². The van der Waals surface area contributed by atoms with E-state index in [2.05, 4.69) is 66.7 Å². The molecule has 1 saturated heterocycles. The lowest BCUT2D eigenvalue weighted by Crippen LogP contribution is -2.46. The Kier molecular flexibility index (Phi) is 6.09. The summed E-state index contributed by atoms with van der Waals surface area (Å²) in [5.74, 6) is 1.52. The van der Waals surface area contributed by atoms with Gasteiger partial charge in [-0.15, -0.1) is 11.3 Å². The van der Waals surface area contributed by atoms with Crippen LogP contribution in [0, 0.1) is 0 Å². The minimum atomic E-state index is 0.344. The highest BCUT2D eigenvalue weighted by atomic mass is 35.5. The van der Waals surface area contributed by atoms with Gasteiger partial charge in [0.15, 0.2) is 0 Å². The molecule has 29 heavy (non-hydrogen) atoms. The van der Waals surface area contributed by atoms with Crippen molar-refractivity contribution in [3.63, 3.8) is 0 Å². The summed E-state index contributed by atoms with van der Waals surface area (Å²) >= 11 is 8.11. The number of thiophene rings is 1. The minimum absolute atomic E-state index is 0.344. The molecule has 1 aliphatic heterocycles. The molecule has 4 rings (SSSR count). The molecule has 1 fully saturated rings. The van der Waals surface area contributed by atoms with Crippen molar-refractivity contribution in [2.24, 2.45) is 0 Å². The third kappa shape index (κ3) is 4.00. The van der Waals surface area contributed by atoms with E-state index in [-0.39, 0.29) is 0 Å². The highest BCUT2D eigenvalue weighted by molar-refractivity contribution is 7.19. The van der Waals surface area contributed by atoms with Gasteiger partial charge in [0.05, 0.1) is 5.39 Å². The van der Waals surface area contributed by atoms with Crippen LogP contribution in [0.2, 0.25) is 5.28 Å². The quantitative estimate of drug-likeness (QED) is 0.478. The van der Waals surface area contributed by atoms with Crippen molar-refractivity contribution in [2.45, 2.75) is 40.0 Å². The van der Waals surface area contributed by atoms with E-state index in [1.807, 2.05) is 0 Å². The summed E-state index contributed by atoms with van der Waals surface area (Å²) in [5, 5.41) is 1.51. The zero-order chi connectivity index (χ0) is 20.5. The molecule has 0 amide bonds. The molecule has 0 saturated carbocycles. The predicted molar refractivity (Wildman–Crippen MR) is 126 cm³/mol. The van der Waals surface area contributed by atoms with Crippen molar-refractivity contribution >= 4 is 39.0 Å². The number of piperazine rings is 1. The molecule has 3 heterocycles. The lowest BCUT2D eigenvalue weighted by Gasteiger charge is -2.35. The van der Waals surface area contributed by atoms with E-state index in [1.165, 1.54) is 27.0 Å². The maximum Gasteiger partial charge on any atom is 0.225 e. The van der Waals surface area contributed by atoms with Crippen LogP contribution in [-0.2, 0) is 6.42 Å². The van der Waals surface area contributed by atoms with E-state index in [1.54, 1.807) is 11.3 Å². The smallest absolute Gasteiger partial charge is 0.225 e. The number of aryl methyl sites for hydroxylation is 1. The van der Waals surface area contributed by atoms with E-state index in [4.69, 9.17) is 16.6 Å². The van der Waals surface area contributed by atoms with E-state index in [9.17, 15) is 0 Å². The number of rotatable bonds is 5. The second-order valence-electron chi connectivity index (χ2n) is 7.95. The van der Waals surface area contributed by atoms with E-state index < -0.39 is 0 Å². The standard InChI is InChI=1S/C23H29ClN4S/c1-5-18-19(17-9-7-16(8-10-17)15(3)4)20-21(25-23(24)26-22(20)29-18)28-13-11-27(6-2)12-14-28/h7-10,15H,5-6,11-14H2,1-4H3. The Hall–Kier alpha value is -1.69. The molecule has 1 aromatic carbocycles.